The summed E-state index contributed by atoms with van der Waals surface area (Å²) in [7, 11) is 0. The van der Waals surface area contributed by atoms with Crippen molar-refractivity contribution in [3.05, 3.63) is 11.8 Å². The van der Waals surface area contributed by atoms with Gasteiger partial charge < -0.3 is 9.52 Å². The molecule has 94 valence electrons. The maximum absolute atomic E-state index is 10.3. The lowest BCUT2D eigenvalue weighted by molar-refractivity contribution is -0.137. The van der Waals surface area contributed by atoms with Crippen LogP contribution in [0.3, 0.4) is 0 Å². The maximum atomic E-state index is 10.3. The second-order valence-electron chi connectivity index (χ2n) is 4.76. The van der Waals surface area contributed by atoms with Crippen LogP contribution < -0.4 is 0 Å². The summed E-state index contributed by atoms with van der Waals surface area (Å²) in [6.07, 6.45) is 4.85. The molecule has 2 rings (SSSR count). The van der Waals surface area contributed by atoms with E-state index < -0.39 is 5.97 Å². The summed E-state index contributed by atoms with van der Waals surface area (Å²) in [5.41, 5.74) is 0. The van der Waals surface area contributed by atoms with Crippen molar-refractivity contribution in [2.24, 2.45) is 5.92 Å². The van der Waals surface area contributed by atoms with Gasteiger partial charge in [0.25, 0.3) is 0 Å². The minimum absolute atomic E-state index is 0.208. The van der Waals surface area contributed by atoms with Crippen LogP contribution in [0.25, 0.3) is 0 Å². The first-order valence-electron chi connectivity index (χ1n) is 6.21. The van der Waals surface area contributed by atoms with Gasteiger partial charge in [0, 0.05) is 18.8 Å². The highest BCUT2D eigenvalue weighted by Gasteiger charge is 2.32. The van der Waals surface area contributed by atoms with Gasteiger partial charge in [0.2, 0.25) is 11.8 Å². The molecule has 0 spiro atoms. The first-order chi connectivity index (χ1) is 8.16. The number of aliphatic carboxylic acids is 1. The molecule has 1 aliphatic carbocycles. The minimum Gasteiger partial charge on any atom is -0.481 e. The second-order valence-corrected chi connectivity index (χ2v) is 4.76. The van der Waals surface area contributed by atoms with Crippen molar-refractivity contribution in [3.63, 3.8) is 0 Å². The number of nitrogens with zero attached hydrogens (tertiary/aromatic N) is 2. The molecule has 1 aromatic rings. The van der Waals surface area contributed by atoms with E-state index in [1.807, 2.05) is 0 Å². The van der Waals surface area contributed by atoms with Gasteiger partial charge in [0.05, 0.1) is 0 Å². The summed E-state index contributed by atoms with van der Waals surface area (Å²) < 4.78 is 5.58. The average Bonchev–Trinajstić information content (AvgIpc) is 3.03. The van der Waals surface area contributed by atoms with Gasteiger partial charge in [-0.2, -0.15) is 0 Å². The van der Waals surface area contributed by atoms with E-state index in [1.165, 1.54) is 12.8 Å². The number of carboxylic acids is 1. The number of carboxylic acid groups (broad SMARTS) is 1. The molecule has 1 saturated carbocycles. The summed E-state index contributed by atoms with van der Waals surface area (Å²) in [5.74, 6) is 1.71. The van der Waals surface area contributed by atoms with Crippen molar-refractivity contribution in [2.75, 3.05) is 0 Å². The minimum atomic E-state index is -0.751. The Kier molecular flexibility index (Phi) is 3.76. The fourth-order valence-electron chi connectivity index (χ4n) is 1.90. The lowest BCUT2D eigenvalue weighted by Gasteiger charge is -2.01. The molecular formula is C12H18N2O3. The van der Waals surface area contributed by atoms with Gasteiger partial charge in [-0.05, 0) is 31.6 Å². The molecule has 0 bridgehead atoms. The number of hydrogen-bond acceptors (Lipinski definition) is 4. The van der Waals surface area contributed by atoms with E-state index in [4.69, 9.17) is 9.52 Å². The Labute approximate surface area is 100 Å². The SMILES string of the molecule is CC(c1nnc(CCCCC(=O)O)o1)C1CC1. The van der Waals surface area contributed by atoms with E-state index in [9.17, 15) is 4.79 Å². The summed E-state index contributed by atoms with van der Waals surface area (Å²) in [6, 6.07) is 0. The third kappa shape index (κ3) is 3.54. The predicted molar refractivity (Wildman–Crippen MR) is 60.6 cm³/mol. The Morgan fingerprint density at radius 2 is 2.24 bits per heavy atom. The zero-order chi connectivity index (χ0) is 12.3. The van der Waals surface area contributed by atoms with Crippen LogP contribution >= 0.6 is 0 Å². The smallest absolute Gasteiger partial charge is 0.303 e. The maximum Gasteiger partial charge on any atom is 0.303 e. The van der Waals surface area contributed by atoms with Crippen LogP contribution in [-0.2, 0) is 11.2 Å². The number of hydrogen-bond donors (Lipinski definition) is 1. The van der Waals surface area contributed by atoms with Crippen molar-refractivity contribution in [3.8, 4) is 0 Å². The van der Waals surface area contributed by atoms with Crippen LogP contribution in [0, 0.1) is 5.92 Å². The Balaban J connectivity index is 1.75. The number of aromatic nitrogens is 2. The van der Waals surface area contributed by atoms with Gasteiger partial charge in [0.15, 0.2) is 0 Å². The Morgan fingerprint density at radius 3 is 2.88 bits per heavy atom. The van der Waals surface area contributed by atoms with Gasteiger partial charge >= 0.3 is 5.97 Å². The van der Waals surface area contributed by atoms with Crippen molar-refractivity contribution in [1.29, 1.82) is 0 Å². The Hall–Kier alpha value is -1.39. The van der Waals surface area contributed by atoms with E-state index in [2.05, 4.69) is 17.1 Å². The van der Waals surface area contributed by atoms with Crippen molar-refractivity contribution >= 4 is 5.97 Å². The zero-order valence-corrected chi connectivity index (χ0v) is 10.1. The largest absolute Gasteiger partial charge is 0.481 e. The van der Waals surface area contributed by atoms with Gasteiger partial charge in [-0.1, -0.05) is 6.92 Å². The van der Waals surface area contributed by atoms with Crippen LogP contribution in [0.5, 0.6) is 0 Å². The van der Waals surface area contributed by atoms with E-state index >= 15 is 0 Å². The molecule has 0 aromatic carbocycles. The zero-order valence-electron chi connectivity index (χ0n) is 10.1. The van der Waals surface area contributed by atoms with E-state index in [0.29, 0.717) is 24.7 Å². The molecule has 1 fully saturated rings. The molecule has 1 unspecified atom stereocenters. The van der Waals surface area contributed by atoms with Crippen LogP contribution in [0.2, 0.25) is 0 Å². The van der Waals surface area contributed by atoms with Crippen LogP contribution in [0.1, 0.15) is 56.7 Å². The summed E-state index contributed by atoms with van der Waals surface area (Å²) in [4.78, 5) is 10.3. The third-order valence-electron chi connectivity index (χ3n) is 3.23. The molecule has 0 aliphatic heterocycles. The molecule has 1 N–H and O–H groups in total. The fraction of sp³-hybridized carbons (Fsp3) is 0.750. The molecule has 1 aromatic heterocycles. The normalized spacial score (nSPS) is 17.0. The average molecular weight is 238 g/mol. The monoisotopic (exact) mass is 238 g/mol. The molecule has 5 nitrogen and oxygen atoms in total. The molecule has 17 heavy (non-hydrogen) atoms. The number of carbonyl (C=O) groups is 1. The van der Waals surface area contributed by atoms with Crippen molar-refractivity contribution in [2.45, 2.75) is 51.4 Å². The molecular weight excluding hydrogens is 220 g/mol. The number of unbranched alkanes of at least 4 members (excludes halogenated alkanes) is 1. The van der Waals surface area contributed by atoms with Gasteiger partial charge in [-0.3, -0.25) is 4.79 Å². The van der Waals surface area contributed by atoms with Crippen LogP contribution in [0.15, 0.2) is 4.42 Å². The lowest BCUT2D eigenvalue weighted by atomic mass is 10.1. The van der Waals surface area contributed by atoms with Gasteiger partial charge in [0.1, 0.15) is 0 Å². The molecule has 5 heteroatoms. The second kappa shape index (κ2) is 5.29. The highest BCUT2D eigenvalue weighted by atomic mass is 16.4. The first-order valence-corrected chi connectivity index (χ1v) is 6.21. The molecule has 0 radical (unpaired) electrons. The lowest BCUT2D eigenvalue weighted by Crippen LogP contribution is -1.95. The van der Waals surface area contributed by atoms with E-state index in [1.54, 1.807) is 0 Å². The molecule has 1 atom stereocenters. The molecule has 0 saturated heterocycles. The fourth-order valence-corrected chi connectivity index (χ4v) is 1.90. The molecule has 1 heterocycles. The van der Waals surface area contributed by atoms with E-state index in [-0.39, 0.29) is 6.42 Å². The predicted octanol–water partition coefficient (Wildman–Crippen LogP) is 2.38. The first kappa shape index (κ1) is 12.1. The summed E-state index contributed by atoms with van der Waals surface area (Å²) in [5, 5.41) is 16.6. The topological polar surface area (TPSA) is 76.2 Å². The number of aryl methyl sites for hydroxylation is 1. The quantitative estimate of drug-likeness (QED) is 0.738. The Morgan fingerprint density at radius 1 is 1.47 bits per heavy atom. The summed E-state index contributed by atoms with van der Waals surface area (Å²) in [6.45, 7) is 2.12. The van der Waals surface area contributed by atoms with Gasteiger partial charge in [-0.15, -0.1) is 10.2 Å². The highest BCUT2D eigenvalue weighted by molar-refractivity contribution is 5.66. The molecule has 1 aliphatic rings. The standard InChI is InChI=1S/C12H18N2O3/c1-8(9-6-7-9)12-14-13-10(17-12)4-2-3-5-11(15)16/h8-9H,2-7H2,1H3,(H,15,16). The highest BCUT2D eigenvalue weighted by Crippen LogP contribution is 2.41. The van der Waals surface area contributed by atoms with Gasteiger partial charge in [-0.25, -0.2) is 0 Å². The Bertz CT molecular complexity index is 385. The number of rotatable bonds is 7. The van der Waals surface area contributed by atoms with Crippen molar-refractivity contribution in [1.82, 2.24) is 10.2 Å². The third-order valence-corrected chi connectivity index (χ3v) is 3.23. The van der Waals surface area contributed by atoms with E-state index in [0.717, 1.165) is 18.2 Å². The van der Waals surface area contributed by atoms with Crippen LogP contribution in [-0.4, -0.2) is 21.3 Å². The van der Waals surface area contributed by atoms with Crippen molar-refractivity contribution < 1.29 is 14.3 Å². The molecule has 0 amide bonds. The summed E-state index contributed by atoms with van der Waals surface area (Å²) >= 11 is 0. The van der Waals surface area contributed by atoms with Crippen LogP contribution in [0.4, 0.5) is 0 Å².